The molecule has 1 saturated carbocycles. The molecule has 2 N–H and O–H groups in total. The summed E-state index contributed by atoms with van der Waals surface area (Å²) in [6.07, 6.45) is 7.22. The number of nitrogens with two attached hydrogens (primary N) is 1. The second-order valence-electron chi connectivity index (χ2n) is 5.62. The molecule has 17 heavy (non-hydrogen) atoms. The highest BCUT2D eigenvalue weighted by atomic mass is 19.1. The standard InChI is InChI=1S/C15H20FN/c16-13-5-6-14-11(10-13)3-4-12(2-1-9-17)15(14)7-8-15/h5-6,10,12H,1-4,7-9,17H2. The van der Waals surface area contributed by atoms with E-state index in [9.17, 15) is 4.39 Å². The van der Waals surface area contributed by atoms with Gasteiger partial charge in [0.2, 0.25) is 0 Å². The van der Waals surface area contributed by atoms with E-state index in [1.807, 2.05) is 6.07 Å². The molecule has 1 spiro atoms. The van der Waals surface area contributed by atoms with E-state index in [0.29, 0.717) is 5.41 Å². The van der Waals surface area contributed by atoms with Crippen LogP contribution in [0.4, 0.5) is 4.39 Å². The molecule has 1 fully saturated rings. The molecule has 0 aliphatic heterocycles. The molecule has 1 atom stereocenters. The maximum atomic E-state index is 13.3. The Morgan fingerprint density at radius 3 is 2.88 bits per heavy atom. The van der Waals surface area contributed by atoms with Crippen molar-refractivity contribution in [3.05, 3.63) is 35.1 Å². The molecule has 0 bridgehead atoms. The fraction of sp³-hybridized carbons (Fsp3) is 0.600. The lowest BCUT2D eigenvalue weighted by molar-refractivity contribution is 0.324. The lowest BCUT2D eigenvalue weighted by atomic mass is 9.70. The largest absolute Gasteiger partial charge is 0.330 e. The first-order chi connectivity index (χ1) is 8.26. The van der Waals surface area contributed by atoms with Gasteiger partial charge in [0.05, 0.1) is 0 Å². The first-order valence-electron chi connectivity index (χ1n) is 6.75. The van der Waals surface area contributed by atoms with Crippen LogP contribution in [0.2, 0.25) is 0 Å². The quantitative estimate of drug-likeness (QED) is 0.852. The summed E-state index contributed by atoms with van der Waals surface area (Å²) in [5, 5.41) is 0. The maximum absolute atomic E-state index is 13.3. The Morgan fingerprint density at radius 2 is 2.18 bits per heavy atom. The van der Waals surface area contributed by atoms with Gasteiger partial charge >= 0.3 is 0 Å². The molecule has 2 aliphatic rings. The first kappa shape index (κ1) is 11.2. The Labute approximate surface area is 102 Å². The zero-order valence-electron chi connectivity index (χ0n) is 10.2. The Morgan fingerprint density at radius 1 is 1.35 bits per heavy atom. The van der Waals surface area contributed by atoms with Crippen molar-refractivity contribution < 1.29 is 4.39 Å². The molecule has 0 saturated heterocycles. The first-order valence-corrected chi connectivity index (χ1v) is 6.75. The molecule has 92 valence electrons. The summed E-state index contributed by atoms with van der Waals surface area (Å²) in [4.78, 5) is 0. The van der Waals surface area contributed by atoms with Gasteiger partial charge in [0.25, 0.3) is 0 Å². The lowest BCUT2D eigenvalue weighted by Crippen LogP contribution is -2.28. The third kappa shape index (κ3) is 1.79. The minimum Gasteiger partial charge on any atom is -0.330 e. The van der Waals surface area contributed by atoms with Gasteiger partial charge in [-0.25, -0.2) is 4.39 Å². The molecule has 0 heterocycles. The van der Waals surface area contributed by atoms with E-state index in [0.717, 1.165) is 25.3 Å². The smallest absolute Gasteiger partial charge is 0.123 e. The van der Waals surface area contributed by atoms with E-state index in [4.69, 9.17) is 5.73 Å². The Bertz CT molecular complexity index is 423. The van der Waals surface area contributed by atoms with Crippen molar-refractivity contribution in [2.45, 2.75) is 43.9 Å². The fourth-order valence-electron chi connectivity index (χ4n) is 3.68. The Hall–Kier alpha value is -0.890. The van der Waals surface area contributed by atoms with Crippen molar-refractivity contribution in [2.75, 3.05) is 6.54 Å². The van der Waals surface area contributed by atoms with Gasteiger partial charge in [0, 0.05) is 0 Å². The summed E-state index contributed by atoms with van der Waals surface area (Å²) in [5.74, 6) is 0.698. The molecule has 0 aromatic heterocycles. The number of fused-ring (bicyclic) bond motifs is 2. The van der Waals surface area contributed by atoms with Crippen molar-refractivity contribution in [3.8, 4) is 0 Å². The summed E-state index contributed by atoms with van der Waals surface area (Å²) < 4.78 is 13.3. The van der Waals surface area contributed by atoms with E-state index >= 15 is 0 Å². The average Bonchev–Trinajstić information content (AvgIpc) is 3.10. The number of benzene rings is 1. The van der Waals surface area contributed by atoms with Gasteiger partial charge in [-0.2, -0.15) is 0 Å². The van der Waals surface area contributed by atoms with E-state index in [1.165, 1.54) is 36.8 Å². The van der Waals surface area contributed by atoms with Gasteiger partial charge in [-0.1, -0.05) is 6.07 Å². The Balaban J connectivity index is 1.90. The van der Waals surface area contributed by atoms with Crippen LogP contribution >= 0.6 is 0 Å². The third-order valence-corrected chi connectivity index (χ3v) is 4.69. The fourth-order valence-corrected chi connectivity index (χ4v) is 3.68. The van der Waals surface area contributed by atoms with Gasteiger partial charge in [-0.15, -0.1) is 0 Å². The number of rotatable bonds is 3. The van der Waals surface area contributed by atoms with Crippen LogP contribution < -0.4 is 5.73 Å². The predicted octanol–water partition coefficient (Wildman–Crippen LogP) is 3.16. The van der Waals surface area contributed by atoms with Crippen molar-refractivity contribution >= 4 is 0 Å². The predicted molar refractivity (Wildman–Crippen MR) is 67.4 cm³/mol. The zero-order chi connectivity index (χ0) is 11.9. The van der Waals surface area contributed by atoms with Gasteiger partial charge in [0.1, 0.15) is 5.82 Å². The second kappa shape index (κ2) is 4.09. The van der Waals surface area contributed by atoms with E-state index < -0.39 is 0 Å². The van der Waals surface area contributed by atoms with Crippen LogP contribution in [-0.2, 0) is 11.8 Å². The number of hydrogen-bond acceptors (Lipinski definition) is 1. The van der Waals surface area contributed by atoms with Crippen molar-refractivity contribution in [1.29, 1.82) is 0 Å². The van der Waals surface area contributed by atoms with E-state index in [1.54, 1.807) is 12.1 Å². The van der Waals surface area contributed by atoms with Gasteiger partial charge in [-0.3, -0.25) is 0 Å². The summed E-state index contributed by atoms with van der Waals surface area (Å²) in [6.45, 7) is 0.794. The molecule has 0 amide bonds. The zero-order valence-corrected chi connectivity index (χ0v) is 10.2. The lowest BCUT2D eigenvalue weighted by Gasteiger charge is -2.34. The minimum absolute atomic E-state index is 0.0834. The van der Waals surface area contributed by atoms with Crippen LogP contribution in [0.3, 0.4) is 0 Å². The number of aryl methyl sites for hydroxylation is 1. The van der Waals surface area contributed by atoms with Crippen LogP contribution in [0.15, 0.2) is 18.2 Å². The minimum atomic E-state index is -0.0834. The average molecular weight is 233 g/mol. The summed E-state index contributed by atoms with van der Waals surface area (Å²) in [5.41, 5.74) is 8.71. The van der Waals surface area contributed by atoms with Crippen LogP contribution in [0.25, 0.3) is 0 Å². The van der Waals surface area contributed by atoms with Crippen molar-refractivity contribution in [1.82, 2.24) is 0 Å². The molecule has 2 heteroatoms. The van der Waals surface area contributed by atoms with Crippen molar-refractivity contribution in [3.63, 3.8) is 0 Å². The summed E-state index contributed by atoms with van der Waals surface area (Å²) in [6, 6.07) is 5.41. The highest BCUT2D eigenvalue weighted by molar-refractivity contribution is 5.42. The van der Waals surface area contributed by atoms with E-state index in [2.05, 4.69) is 0 Å². The van der Waals surface area contributed by atoms with Crippen molar-refractivity contribution in [2.24, 2.45) is 11.7 Å². The molecule has 1 aromatic rings. The normalized spacial score (nSPS) is 24.7. The summed E-state index contributed by atoms with van der Waals surface area (Å²) in [7, 11) is 0. The molecule has 1 unspecified atom stereocenters. The summed E-state index contributed by atoms with van der Waals surface area (Å²) >= 11 is 0. The third-order valence-electron chi connectivity index (χ3n) is 4.69. The monoisotopic (exact) mass is 233 g/mol. The number of hydrogen-bond donors (Lipinski definition) is 1. The molecular weight excluding hydrogens is 213 g/mol. The van der Waals surface area contributed by atoms with Crippen LogP contribution in [0, 0.1) is 11.7 Å². The SMILES string of the molecule is NCCCC1CCc2cc(F)ccc2C12CC2. The van der Waals surface area contributed by atoms with Gasteiger partial charge in [0.15, 0.2) is 0 Å². The molecule has 0 radical (unpaired) electrons. The Kier molecular flexibility index (Phi) is 2.70. The van der Waals surface area contributed by atoms with Crippen LogP contribution in [0.1, 0.15) is 43.2 Å². The highest BCUT2D eigenvalue weighted by Gasteiger charge is 2.52. The van der Waals surface area contributed by atoms with E-state index in [-0.39, 0.29) is 5.82 Å². The topological polar surface area (TPSA) is 26.0 Å². The molecule has 1 nitrogen and oxygen atoms in total. The second-order valence-corrected chi connectivity index (χ2v) is 5.62. The molecule has 2 aliphatic carbocycles. The van der Waals surface area contributed by atoms with Gasteiger partial charge in [-0.05, 0) is 79.7 Å². The van der Waals surface area contributed by atoms with Crippen LogP contribution in [0.5, 0.6) is 0 Å². The highest BCUT2D eigenvalue weighted by Crippen LogP contribution is 2.59. The molecule has 1 aromatic carbocycles. The van der Waals surface area contributed by atoms with Gasteiger partial charge < -0.3 is 5.73 Å². The maximum Gasteiger partial charge on any atom is 0.123 e. The molecular formula is C15H20FN. The molecule has 3 rings (SSSR count). The van der Waals surface area contributed by atoms with Crippen LogP contribution in [-0.4, -0.2) is 6.54 Å². The number of halogens is 1.